The van der Waals surface area contributed by atoms with Crippen molar-refractivity contribution in [3.8, 4) is 0 Å². The molecule has 2 aromatic carbocycles. The number of nitrogens with one attached hydrogen (secondary N) is 1. The first-order valence-corrected chi connectivity index (χ1v) is 9.39. The predicted molar refractivity (Wildman–Crippen MR) is 106 cm³/mol. The third kappa shape index (κ3) is 4.55. The molecule has 0 atom stereocenters. The first kappa shape index (κ1) is 18.2. The second-order valence-corrected chi connectivity index (χ2v) is 6.74. The van der Waals surface area contributed by atoms with E-state index in [1.165, 1.54) is 12.0 Å². The molecule has 0 bridgehead atoms. The van der Waals surface area contributed by atoms with E-state index in [9.17, 15) is 4.79 Å². The minimum absolute atomic E-state index is 0.0791. The summed E-state index contributed by atoms with van der Waals surface area (Å²) in [5.41, 5.74) is 3.99. The number of morpholine rings is 1. The highest BCUT2D eigenvalue weighted by Gasteiger charge is 2.11. The van der Waals surface area contributed by atoms with Gasteiger partial charge < -0.3 is 15.0 Å². The Kier molecular flexibility index (Phi) is 5.63. The zero-order valence-electron chi connectivity index (χ0n) is 15.6. The van der Waals surface area contributed by atoms with Crippen molar-refractivity contribution in [2.75, 3.05) is 31.2 Å². The van der Waals surface area contributed by atoms with Gasteiger partial charge in [-0.3, -0.25) is 4.79 Å². The number of ether oxygens (including phenoxy) is 1. The van der Waals surface area contributed by atoms with Crippen LogP contribution in [0.25, 0.3) is 0 Å². The largest absolute Gasteiger partial charge is 0.378 e. The van der Waals surface area contributed by atoms with Crippen molar-refractivity contribution in [3.05, 3.63) is 77.9 Å². The molecule has 0 spiro atoms. The minimum Gasteiger partial charge on any atom is -0.378 e. The van der Waals surface area contributed by atoms with Gasteiger partial charge in [-0.15, -0.1) is 0 Å². The molecule has 7 nitrogen and oxygen atoms in total. The molecule has 1 aliphatic heterocycles. The summed E-state index contributed by atoms with van der Waals surface area (Å²) in [5.74, 6) is -0.0791. The van der Waals surface area contributed by atoms with Gasteiger partial charge in [0, 0.05) is 30.9 Å². The Bertz CT molecular complexity index is 886. The number of hydrogen-bond acceptors (Lipinski definition) is 5. The van der Waals surface area contributed by atoms with Crippen molar-refractivity contribution in [2.45, 2.75) is 13.1 Å². The van der Waals surface area contributed by atoms with Gasteiger partial charge in [0.15, 0.2) is 0 Å². The van der Waals surface area contributed by atoms with Gasteiger partial charge in [0.1, 0.15) is 12.7 Å². The molecule has 1 aromatic heterocycles. The molecule has 1 aliphatic rings. The van der Waals surface area contributed by atoms with Crippen LogP contribution in [-0.2, 0) is 17.8 Å². The van der Waals surface area contributed by atoms with Crippen LogP contribution in [-0.4, -0.2) is 47.0 Å². The highest BCUT2D eigenvalue weighted by Crippen LogP contribution is 2.16. The summed E-state index contributed by atoms with van der Waals surface area (Å²) in [4.78, 5) is 18.6. The summed E-state index contributed by atoms with van der Waals surface area (Å²) in [6.45, 7) is 4.52. The molecule has 2 heterocycles. The molecule has 7 heteroatoms. The number of aromatic nitrogens is 3. The molecule has 1 fully saturated rings. The maximum absolute atomic E-state index is 12.4. The lowest BCUT2D eigenvalue weighted by Gasteiger charge is -2.28. The molecule has 4 rings (SSSR count). The summed E-state index contributed by atoms with van der Waals surface area (Å²) in [6.07, 6.45) is 3.18. The monoisotopic (exact) mass is 377 g/mol. The third-order valence-corrected chi connectivity index (χ3v) is 4.79. The van der Waals surface area contributed by atoms with Gasteiger partial charge in [-0.05, 0) is 35.4 Å². The normalized spacial score (nSPS) is 14.1. The van der Waals surface area contributed by atoms with Crippen molar-refractivity contribution in [1.82, 2.24) is 20.1 Å². The summed E-state index contributed by atoms with van der Waals surface area (Å²) < 4.78 is 7.13. The number of nitrogens with zero attached hydrogens (tertiary/aromatic N) is 4. The fraction of sp³-hybridized carbons (Fsp3) is 0.286. The van der Waals surface area contributed by atoms with Crippen molar-refractivity contribution >= 4 is 11.6 Å². The quantitative estimate of drug-likeness (QED) is 0.712. The lowest BCUT2D eigenvalue weighted by molar-refractivity contribution is 0.0951. The SMILES string of the molecule is O=C(NCc1ccc(N2CCOCC2)cc1)c1ccc(Cn2cncn2)cc1. The molecule has 28 heavy (non-hydrogen) atoms. The molecule has 0 radical (unpaired) electrons. The van der Waals surface area contributed by atoms with Crippen molar-refractivity contribution in [1.29, 1.82) is 0 Å². The Morgan fingerprint density at radius 2 is 1.71 bits per heavy atom. The first-order chi connectivity index (χ1) is 13.8. The summed E-state index contributed by atoms with van der Waals surface area (Å²) >= 11 is 0. The summed E-state index contributed by atoms with van der Waals surface area (Å²) in [7, 11) is 0. The van der Waals surface area contributed by atoms with Crippen LogP contribution in [0.1, 0.15) is 21.5 Å². The van der Waals surface area contributed by atoms with E-state index in [2.05, 4.69) is 44.6 Å². The number of hydrogen-bond donors (Lipinski definition) is 1. The van der Waals surface area contributed by atoms with Crippen LogP contribution in [0.5, 0.6) is 0 Å². The number of carbonyl (C=O) groups is 1. The van der Waals surface area contributed by atoms with E-state index in [0.29, 0.717) is 18.7 Å². The number of anilines is 1. The van der Waals surface area contributed by atoms with Crippen LogP contribution in [0.15, 0.2) is 61.2 Å². The van der Waals surface area contributed by atoms with Gasteiger partial charge in [0.25, 0.3) is 5.91 Å². The average molecular weight is 377 g/mol. The smallest absolute Gasteiger partial charge is 0.251 e. The van der Waals surface area contributed by atoms with Crippen LogP contribution in [0, 0.1) is 0 Å². The Labute approximate surface area is 164 Å². The van der Waals surface area contributed by atoms with E-state index in [1.54, 1.807) is 11.0 Å². The molecule has 3 aromatic rings. The molecule has 1 saturated heterocycles. The number of amides is 1. The molecular weight excluding hydrogens is 354 g/mol. The maximum atomic E-state index is 12.4. The van der Waals surface area contributed by atoms with E-state index >= 15 is 0 Å². The van der Waals surface area contributed by atoms with E-state index in [1.807, 2.05) is 24.3 Å². The Morgan fingerprint density at radius 3 is 2.39 bits per heavy atom. The zero-order valence-corrected chi connectivity index (χ0v) is 15.6. The lowest BCUT2D eigenvalue weighted by atomic mass is 10.1. The van der Waals surface area contributed by atoms with Crippen molar-refractivity contribution < 1.29 is 9.53 Å². The van der Waals surface area contributed by atoms with Crippen molar-refractivity contribution in [2.24, 2.45) is 0 Å². The first-order valence-electron chi connectivity index (χ1n) is 9.39. The number of benzene rings is 2. The Morgan fingerprint density at radius 1 is 1.00 bits per heavy atom. The molecular formula is C21H23N5O2. The van der Waals surface area contributed by atoms with Crippen molar-refractivity contribution in [3.63, 3.8) is 0 Å². The Hall–Kier alpha value is -3.19. The standard InChI is InChI=1S/C21H23N5O2/c27-21(19-5-1-18(2-6-19)14-26-16-22-15-24-26)23-13-17-3-7-20(8-4-17)25-9-11-28-12-10-25/h1-8,15-16H,9-14H2,(H,23,27). The van der Waals surface area contributed by atoms with Crippen LogP contribution in [0.4, 0.5) is 5.69 Å². The van der Waals surface area contributed by atoms with E-state index in [0.717, 1.165) is 37.4 Å². The molecule has 0 aliphatic carbocycles. The third-order valence-electron chi connectivity index (χ3n) is 4.79. The van der Waals surface area contributed by atoms with Gasteiger partial charge in [0.2, 0.25) is 0 Å². The molecule has 144 valence electrons. The highest BCUT2D eigenvalue weighted by molar-refractivity contribution is 5.94. The highest BCUT2D eigenvalue weighted by atomic mass is 16.5. The van der Waals surface area contributed by atoms with E-state index in [-0.39, 0.29) is 5.91 Å². The second kappa shape index (κ2) is 8.67. The van der Waals surface area contributed by atoms with E-state index < -0.39 is 0 Å². The molecule has 1 amide bonds. The average Bonchev–Trinajstić information content (AvgIpc) is 3.27. The predicted octanol–water partition coefficient (Wildman–Crippen LogP) is 2.09. The number of rotatable bonds is 6. The topological polar surface area (TPSA) is 72.3 Å². The lowest BCUT2D eigenvalue weighted by Crippen LogP contribution is -2.36. The van der Waals surface area contributed by atoms with Gasteiger partial charge in [-0.2, -0.15) is 5.10 Å². The molecule has 1 N–H and O–H groups in total. The second-order valence-electron chi connectivity index (χ2n) is 6.74. The maximum Gasteiger partial charge on any atom is 0.251 e. The van der Waals surface area contributed by atoms with E-state index in [4.69, 9.17) is 4.74 Å². The number of carbonyl (C=O) groups excluding carboxylic acids is 1. The van der Waals surface area contributed by atoms with Crippen LogP contribution in [0.3, 0.4) is 0 Å². The van der Waals surface area contributed by atoms with Crippen LogP contribution >= 0.6 is 0 Å². The minimum atomic E-state index is -0.0791. The molecule has 0 saturated carbocycles. The van der Waals surface area contributed by atoms with Gasteiger partial charge in [0.05, 0.1) is 19.8 Å². The fourth-order valence-corrected chi connectivity index (χ4v) is 3.19. The van der Waals surface area contributed by atoms with Crippen LogP contribution < -0.4 is 10.2 Å². The zero-order chi connectivity index (χ0) is 19.2. The van der Waals surface area contributed by atoms with Gasteiger partial charge in [-0.25, -0.2) is 9.67 Å². The molecule has 0 unspecified atom stereocenters. The van der Waals surface area contributed by atoms with Gasteiger partial charge >= 0.3 is 0 Å². The van der Waals surface area contributed by atoms with Gasteiger partial charge in [-0.1, -0.05) is 24.3 Å². The summed E-state index contributed by atoms with van der Waals surface area (Å²) in [6, 6.07) is 15.9. The fourth-order valence-electron chi connectivity index (χ4n) is 3.19. The summed E-state index contributed by atoms with van der Waals surface area (Å²) in [5, 5.41) is 7.06. The Balaban J connectivity index is 1.30. The van der Waals surface area contributed by atoms with Crippen LogP contribution in [0.2, 0.25) is 0 Å².